The van der Waals surface area contributed by atoms with Gasteiger partial charge in [0.1, 0.15) is 5.60 Å². The highest BCUT2D eigenvalue weighted by atomic mass is 32.2. The van der Waals surface area contributed by atoms with Crippen LogP contribution in [0.2, 0.25) is 0 Å². The van der Waals surface area contributed by atoms with E-state index >= 15 is 0 Å². The standard InChI is InChI=1S/C20H29N3O5S/c1-5-27-17(25)15-8-6-9-16(12-15)20(21-14-24)10-7-11-23(13-20)29-22-18(26)28-19(2,3)4/h6,8-9,12,14H,5,7,10-11,13H2,1-4H3,(H,21,24)(H,22,26). The third-order valence-electron chi connectivity index (χ3n) is 4.38. The molecule has 1 aromatic rings. The van der Waals surface area contributed by atoms with E-state index in [1.165, 1.54) is 0 Å². The number of piperidine rings is 1. The van der Waals surface area contributed by atoms with Crippen LogP contribution in [0.4, 0.5) is 4.79 Å². The fourth-order valence-corrected chi connectivity index (χ4v) is 3.95. The molecule has 9 heteroatoms. The normalized spacial score (nSPS) is 19.9. The van der Waals surface area contributed by atoms with Crippen LogP contribution in [0.1, 0.15) is 56.5 Å². The van der Waals surface area contributed by atoms with Gasteiger partial charge < -0.3 is 14.8 Å². The first-order valence-electron chi connectivity index (χ1n) is 9.59. The van der Waals surface area contributed by atoms with Gasteiger partial charge in [-0.05, 0) is 58.2 Å². The first kappa shape index (κ1) is 23.0. The number of ether oxygens (including phenoxy) is 2. The average molecular weight is 424 g/mol. The van der Waals surface area contributed by atoms with Crippen LogP contribution < -0.4 is 10.0 Å². The topological polar surface area (TPSA) is 97.0 Å². The van der Waals surface area contributed by atoms with Crippen molar-refractivity contribution in [1.29, 1.82) is 0 Å². The lowest BCUT2D eigenvalue weighted by Gasteiger charge is -2.42. The molecular weight excluding hydrogens is 394 g/mol. The Morgan fingerprint density at radius 2 is 2.10 bits per heavy atom. The molecule has 0 saturated carbocycles. The van der Waals surface area contributed by atoms with Crippen molar-refractivity contribution in [3.63, 3.8) is 0 Å². The Morgan fingerprint density at radius 1 is 1.34 bits per heavy atom. The van der Waals surface area contributed by atoms with Gasteiger partial charge in [0, 0.05) is 25.2 Å². The molecule has 29 heavy (non-hydrogen) atoms. The molecule has 0 bridgehead atoms. The largest absolute Gasteiger partial charge is 0.462 e. The van der Waals surface area contributed by atoms with Crippen molar-refractivity contribution in [3.05, 3.63) is 35.4 Å². The molecule has 1 atom stereocenters. The monoisotopic (exact) mass is 423 g/mol. The molecule has 1 fully saturated rings. The molecule has 0 aliphatic carbocycles. The Hall–Kier alpha value is -2.26. The SMILES string of the molecule is CCOC(=O)c1cccc(C2(NC=O)CCCN(SNC(=O)OC(C)(C)C)C2)c1. The fourth-order valence-electron chi connectivity index (χ4n) is 3.20. The molecule has 1 aliphatic rings. The van der Waals surface area contributed by atoms with Gasteiger partial charge in [-0.25, -0.2) is 13.9 Å². The predicted molar refractivity (Wildman–Crippen MR) is 111 cm³/mol. The highest BCUT2D eigenvalue weighted by molar-refractivity contribution is 7.95. The summed E-state index contributed by atoms with van der Waals surface area (Å²) in [7, 11) is 0. The minimum atomic E-state index is -0.675. The molecule has 2 rings (SSSR count). The van der Waals surface area contributed by atoms with Crippen LogP contribution in [0.25, 0.3) is 0 Å². The summed E-state index contributed by atoms with van der Waals surface area (Å²) in [4.78, 5) is 35.4. The zero-order valence-electron chi connectivity index (χ0n) is 17.3. The highest BCUT2D eigenvalue weighted by Crippen LogP contribution is 2.34. The van der Waals surface area contributed by atoms with Crippen molar-refractivity contribution in [2.75, 3.05) is 19.7 Å². The zero-order chi connectivity index (χ0) is 21.5. The van der Waals surface area contributed by atoms with Crippen LogP contribution >= 0.6 is 12.1 Å². The summed E-state index contributed by atoms with van der Waals surface area (Å²) in [6.45, 7) is 8.64. The lowest BCUT2D eigenvalue weighted by molar-refractivity contribution is -0.111. The van der Waals surface area contributed by atoms with E-state index in [2.05, 4.69) is 10.0 Å². The van der Waals surface area contributed by atoms with Crippen molar-refractivity contribution in [2.45, 2.75) is 51.7 Å². The molecule has 1 aliphatic heterocycles. The number of hydrogen-bond acceptors (Lipinski definition) is 7. The summed E-state index contributed by atoms with van der Waals surface area (Å²) in [5.41, 5.74) is -0.000554. The number of benzene rings is 1. The van der Waals surface area contributed by atoms with Crippen LogP contribution in [0, 0.1) is 0 Å². The van der Waals surface area contributed by atoms with Gasteiger partial charge in [-0.15, -0.1) is 0 Å². The lowest BCUT2D eigenvalue weighted by Crippen LogP contribution is -2.53. The third kappa shape index (κ3) is 6.64. The van der Waals surface area contributed by atoms with Crippen molar-refractivity contribution in [1.82, 2.24) is 14.3 Å². The van der Waals surface area contributed by atoms with E-state index in [1.807, 2.05) is 10.4 Å². The summed E-state index contributed by atoms with van der Waals surface area (Å²) in [6, 6.07) is 7.11. The van der Waals surface area contributed by atoms with Crippen LogP contribution in [0.5, 0.6) is 0 Å². The van der Waals surface area contributed by atoms with Crippen LogP contribution in [-0.4, -0.2) is 48.1 Å². The molecule has 1 aromatic carbocycles. The zero-order valence-corrected chi connectivity index (χ0v) is 18.1. The van der Waals surface area contributed by atoms with Gasteiger partial charge >= 0.3 is 12.1 Å². The molecular formula is C20H29N3O5S. The average Bonchev–Trinajstić information content (AvgIpc) is 2.66. The van der Waals surface area contributed by atoms with Gasteiger partial charge in [0.15, 0.2) is 0 Å². The highest BCUT2D eigenvalue weighted by Gasteiger charge is 2.38. The molecule has 0 spiro atoms. The van der Waals surface area contributed by atoms with Crippen molar-refractivity contribution in [3.8, 4) is 0 Å². The third-order valence-corrected chi connectivity index (χ3v) is 5.20. The number of hydrogen-bond donors (Lipinski definition) is 2. The Morgan fingerprint density at radius 3 is 2.76 bits per heavy atom. The van der Waals surface area contributed by atoms with Gasteiger partial charge in [-0.1, -0.05) is 12.1 Å². The number of nitrogens with one attached hydrogen (secondary N) is 2. The minimum absolute atomic E-state index is 0.293. The molecule has 0 radical (unpaired) electrons. The Labute approximate surface area is 175 Å². The van der Waals surface area contributed by atoms with Crippen molar-refractivity contribution in [2.24, 2.45) is 0 Å². The number of rotatable bonds is 7. The number of amides is 2. The van der Waals surface area contributed by atoms with Gasteiger partial charge in [0.2, 0.25) is 6.41 Å². The first-order valence-corrected chi connectivity index (χ1v) is 10.4. The number of carbonyl (C=O) groups excluding carboxylic acids is 3. The summed E-state index contributed by atoms with van der Waals surface area (Å²) < 4.78 is 15.0. The lowest BCUT2D eigenvalue weighted by atomic mass is 9.82. The smallest absolute Gasteiger partial charge is 0.418 e. The number of esters is 1. The predicted octanol–water partition coefficient (Wildman–Crippen LogP) is 2.99. The van der Waals surface area contributed by atoms with Crippen molar-refractivity contribution < 1.29 is 23.9 Å². The Bertz CT molecular complexity index is 737. The fraction of sp³-hybridized carbons (Fsp3) is 0.550. The maximum atomic E-state index is 12.1. The molecule has 2 amide bonds. The van der Waals surface area contributed by atoms with Gasteiger partial charge in [-0.2, -0.15) is 0 Å². The van der Waals surface area contributed by atoms with Crippen LogP contribution in [0.3, 0.4) is 0 Å². The molecule has 8 nitrogen and oxygen atoms in total. The van der Waals surface area contributed by atoms with E-state index in [-0.39, 0.29) is 0 Å². The second kappa shape index (κ2) is 9.98. The molecule has 1 unspecified atom stereocenters. The van der Waals surface area contributed by atoms with Gasteiger partial charge in [0.25, 0.3) is 0 Å². The molecule has 160 valence electrons. The van der Waals surface area contributed by atoms with E-state index in [1.54, 1.807) is 45.9 Å². The molecule has 1 heterocycles. The number of carbonyl (C=O) groups is 3. The van der Waals surface area contributed by atoms with Crippen LogP contribution in [-0.2, 0) is 19.8 Å². The van der Waals surface area contributed by atoms with E-state index < -0.39 is 23.2 Å². The second-order valence-corrected chi connectivity index (χ2v) is 8.71. The molecule has 1 saturated heterocycles. The maximum absolute atomic E-state index is 12.1. The number of nitrogens with zero attached hydrogens (tertiary/aromatic N) is 1. The first-order chi connectivity index (χ1) is 13.7. The minimum Gasteiger partial charge on any atom is -0.462 e. The summed E-state index contributed by atoms with van der Waals surface area (Å²) >= 11 is 1.15. The van der Waals surface area contributed by atoms with E-state index in [0.29, 0.717) is 31.5 Å². The van der Waals surface area contributed by atoms with Crippen LogP contribution in [0.15, 0.2) is 24.3 Å². The van der Waals surface area contributed by atoms with Gasteiger partial charge in [0.05, 0.1) is 17.7 Å². The van der Waals surface area contributed by atoms with E-state index in [0.717, 1.165) is 30.7 Å². The summed E-state index contributed by atoms with van der Waals surface area (Å²) in [5, 5.41) is 2.94. The molecule has 0 aromatic heterocycles. The Balaban J connectivity index is 2.15. The van der Waals surface area contributed by atoms with E-state index in [4.69, 9.17) is 9.47 Å². The Kier molecular flexibility index (Phi) is 7.92. The summed E-state index contributed by atoms with van der Waals surface area (Å²) in [5.74, 6) is -0.399. The van der Waals surface area contributed by atoms with E-state index in [9.17, 15) is 14.4 Å². The molecule has 2 N–H and O–H groups in total. The maximum Gasteiger partial charge on any atom is 0.418 e. The quantitative estimate of drug-likeness (QED) is 0.395. The summed E-state index contributed by atoms with van der Waals surface area (Å²) in [6.07, 6.45) is 1.66. The van der Waals surface area contributed by atoms with Gasteiger partial charge in [-0.3, -0.25) is 9.52 Å². The second-order valence-electron chi connectivity index (χ2n) is 7.81. The van der Waals surface area contributed by atoms with Crippen molar-refractivity contribution >= 4 is 30.6 Å².